The zero-order valence-corrected chi connectivity index (χ0v) is 12.9. The lowest BCUT2D eigenvalue weighted by molar-refractivity contribution is 0.0919. The number of ether oxygens (including phenoxy) is 1. The lowest BCUT2D eigenvalue weighted by atomic mass is 10.2. The van der Waals surface area contributed by atoms with Crippen LogP contribution < -0.4 is 11.1 Å². The van der Waals surface area contributed by atoms with Crippen molar-refractivity contribution in [3.8, 4) is 0 Å². The van der Waals surface area contributed by atoms with E-state index in [1.165, 1.54) is 6.20 Å². The molecule has 0 aliphatic heterocycles. The number of nitrogens with two attached hydrogens (primary N) is 1. The van der Waals surface area contributed by atoms with Crippen molar-refractivity contribution in [3.63, 3.8) is 0 Å². The molecule has 0 fully saturated rings. The van der Waals surface area contributed by atoms with Gasteiger partial charge in [0.15, 0.2) is 0 Å². The van der Waals surface area contributed by atoms with Gasteiger partial charge in [0.25, 0.3) is 5.91 Å². The van der Waals surface area contributed by atoms with E-state index >= 15 is 0 Å². The fourth-order valence-electron chi connectivity index (χ4n) is 1.28. The van der Waals surface area contributed by atoms with Crippen LogP contribution in [0.15, 0.2) is 23.4 Å². The van der Waals surface area contributed by atoms with Crippen LogP contribution in [0.2, 0.25) is 0 Å². The molecular weight excluding hydrogens is 319 g/mol. The van der Waals surface area contributed by atoms with Gasteiger partial charge >= 0.3 is 0 Å². The van der Waals surface area contributed by atoms with Crippen molar-refractivity contribution in [2.75, 3.05) is 26.3 Å². The number of carbonyl (C=O) groups is 1. The standard InChI is InChI=1S/C11H16N6O2.2ClH/c12-3-5-19-6-4-14-11(18)9-1-2-10(15-7-9)8-16-17-13;;/h1-2,7H,3-6,8,12H2,(H,14,18);2*1H. The number of hydrogen-bond donors (Lipinski definition) is 2. The van der Waals surface area contributed by atoms with Crippen molar-refractivity contribution in [3.05, 3.63) is 40.0 Å². The lowest BCUT2D eigenvalue weighted by Gasteiger charge is -2.05. The first kappa shape index (κ1) is 21.7. The summed E-state index contributed by atoms with van der Waals surface area (Å²) in [6.45, 7) is 1.95. The van der Waals surface area contributed by atoms with E-state index in [1.54, 1.807) is 12.1 Å². The Kier molecular flexibility index (Phi) is 13.9. The number of nitrogens with one attached hydrogen (secondary N) is 1. The Morgan fingerprint density at radius 1 is 1.43 bits per heavy atom. The van der Waals surface area contributed by atoms with Crippen molar-refractivity contribution in [2.24, 2.45) is 10.8 Å². The molecule has 1 aromatic rings. The summed E-state index contributed by atoms with van der Waals surface area (Å²) in [6.07, 6.45) is 1.44. The van der Waals surface area contributed by atoms with Gasteiger partial charge in [0.1, 0.15) is 0 Å². The highest BCUT2D eigenvalue weighted by molar-refractivity contribution is 5.93. The Hall–Kier alpha value is -1.57. The van der Waals surface area contributed by atoms with E-state index in [0.717, 1.165) is 0 Å². The molecule has 0 aromatic carbocycles. The van der Waals surface area contributed by atoms with E-state index in [1.807, 2.05) is 0 Å². The molecular formula is C11H18Cl2N6O2. The van der Waals surface area contributed by atoms with Gasteiger partial charge in [-0.05, 0) is 17.7 Å². The largest absolute Gasteiger partial charge is 0.378 e. The first-order valence-corrected chi connectivity index (χ1v) is 5.79. The second kappa shape index (κ2) is 13.4. The molecule has 1 heterocycles. The topological polar surface area (TPSA) is 126 Å². The average Bonchev–Trinajstić information content (AvgIpc) is 2.45. The fourth-order valence-corrected chi connectivity index (χ4v) is 1.28. The van der Waals surface area contributed by atoms with E-state index in [0.29, 0.717) is 37.6 Å². The van der Waals surface area contributed by atoms with Crippen LogP contribution in [-0.2, 0) is 11.3 Å². The highest BCUT2D eigenvalue weighted by Crippen LogP contribution is 2.01. The van der Waals surface area contributed by atoms with Gasteiger partial charge in [0, 0.05) is 29.9 Å². The summed E-state index contributed by atoms with van der Waals surface area (Å²) < 4.78 is 5.13. The predicted octanol–water partition coefficient (Wildman–Crippen LogP) is 1.44. The normalized spacial score (nSPS) is 8.81. The molecule has 0 spiro atoms. The fraction of sp³-hybridized carbons (Fsp3) is 0.455. The molecule has 0 aliphatic rings. The minimum absolute atomic E-state index is 0. The molecule has 1 rings (SSSR count). The third-order valence-corrected chi connectivity index (χ3v) is 2.18. The highest BCUT2D eigenvalue weighted by Gasteiger charge is 2.05. The van der Waals surface area contributed by atoms with E-state index in [4.69, 9.17) is 16.0 Å². The van der Waals surface area contributed by atoms with Crippen molar-refractivity contribution >= 4 is 30.7 Å². The van der Waals surface area contributed by atoms with Gasteiger partial charge in [-0.2, -0.15) is 0 Å². The molecule has 0 saturated heterocycles. The second-order valence-electron chi connectivity index (χ2n) is 3.58. The van der Waals surface area contributed by atoms with Crippen LogP contribution >= 0.6 is 24.8 Å². The average molecular weight is 337 g/mol. The number of amides is 1. The Labute approximate surface area is 134 Å². The van der Waals surface area contributed by atoms with Crippen LogP contribution in [0.25, 0.3) is 10.4 Å². The smallest absolute Gasteiger partial charge is 0.252 e. The molecule has 0 unspecified atom stereocenters. The summed E-state index contributed by atoms with van der Waals surface area (Å²) in [5.41, 5.74) is 14.5. The summed E-state index contributed by atoms with van der Waals surface area (Å²) in [6, 6.07) is 3.28. The molecule has 10 heteroatoms. The van der Waals surface area contributed by atoms with Gasteiger partial charge in [0.05, 0.1) is 25.3 Å². The number of rotatable bonds is 8. The van der Waals surface area contributed by atoms with Gasteiger partial charge in [-0.1, -0.05) is 5.11 Å². The third-order valence-electron chi connectivity index (χ3n) is 2.18. The number of aromatic nitrogens is 1. The van der Waals surface area contributed by atoms with E-state index < -0.39 is 0 Å². The molecule has 1 amide bonds. The van der Waals surface area contributed by atoms with Crippen LogP contribution in [0.1, 0.15) is 16.1 Å². The Bertz CT molecular complexity index is 451. The molecule has 0 bridgehead atoms. The second-order valence-corrected chi connectivity index (χ2v) is 3.58. The molecule has 3 N–H and O–H groups in total. The summed E-state index contributed by atoms with van der Waals surface area (Å²) in [4.78, 5) is 18.3. The quantitative estimate of drug-likeness (QED) is 0.322. The van der Waals surface area contributed by atoms with Gasteiger partial charge < -0.3 is 15.8 Å². The van der Waals surface area contributed by atoms with E-state index in [2.05, 4.69) is 20.3 Å². The van der Waals surface area contributed by atoms with Crippen molar-refractivity contribution < 1.29 is 9.53 Å². The minimum Gasteiger partial charge on any atom is -0.378 e. The van der Waals surface area contributed by atoms with Crippen LogP contribution in [0.5, 0.6) is 0 Å². The number of nitrogens with zero attached hydrogens (tertiary/aromatic N) is 4. The summed E-state index contributed by atoms with van der Waals surface area (Å²) in [5, 5.41) is 6.08. The predicted molar refractivity (Wildman–Crippen MR) is 83.8 cm³/mol. The van der Waals surface area contributed by atoms with E-state index in [9.17, 15) is 4.79 Å². The minimum atomic E-state index is -0.223. The Morgan fingerprint density at radius 3 is 2.76 bits per heavy atom. The number of hydrogen-bond acceptors (Lipinski definition) is 5. The molecule has 0 atom stereocenters. The Balaban J connectivity index is 0. The van der Waals surface area contributed by atoms with Crippen molar-refractivity contribution in [1.29, 1.82) is 0 Å². The van der Waals surface area contributed by atoms with Crippen LogP contribution in [0, 0.1) is 0 Å². The number of carbonyl (C=O) groups excluding carboxylic acids is 1. The molecule has 0 aliphatic carbocycles. The molecule has 0 radical (unpaired) electrons. The molecule has 1 aromatic heterocycles. The zero-order chi connectivity index (χ0) is 13.9. The zero-order valence-electron chi connectivity index (χ0n) is 11.3. The highest BCUT2D eigenvalue weighted by atomic mass is 35.5. The van der Waals surface area contributed by atoms with Crippen LogP contribution in [-0.4, -0.2) is 37.2 Å². The van der Waals surface area contributed by atoms with Gasteiger partial charge in [-0.25, -0.2) is 0 Å². The van der Waals surface area contributed by atoms with Gasteiger partial charge in [-0.3, -0.25) is 9.78 Å². The number of azide groups is 1. The molecule has 21 heavy (non-hydrogen) atoms. The van der Waals surface area contributed by atoms with Gasteiger partial charge in [0.2, 0.25) is 0 Å². The first-order valence-electron chi connectivity index (χ1n) is 5.79. The summed E-state index contributed by atoms with van der Waals surface area (Å²) >= 11 is 0. The number of pyridine rings is 1. The summed E-state index contributed by atoms with van der Waals surface area (Å²) in [5.74, 6) is -0.223. The van der Waals surface area contributed by atoms with Crippen molar-refractivity contribution in [1.82, 2.24) is 10.3 Å². The van der Waals surface area contributed by atoms with E-state index in [-0.39, 0.29) is 37.3 Å². The maximum Gasteiger partial charge on any atom is 0.252 e. The molecule has 8 nitrogen and oxygen atoms in total. The Morgan fingerprint density at radius 2 is 2.19 bits per heavy atom. The maximum atomic E-state index is 11.7. The molecule has 118 valence electrons. The number of halogens is 2. The lowest BCUT2D eigenvalue weighted by Crippen LogP contribution is -2.28. The monoisotopic (exact) mass is 336 g/mol. The van der Waals surface area contributed by atoms with Gasteiger partial charge in [-0.15, -0.1) is 24.8 Å². The van der Waals surface area contributed by atoms with Crippen LogP contribution in [0.3, 0.4) is 0 Å². The first-order chi connectivity index (χ1) is 9.27. The SMILES string of the molecule is Cl.Cl.[N-]=[N+]=NCc1ccc(C(=O)NCCOCCN)cn1. The molecule has 0 saturated carbocycles. The summed E-state index contributed by atoms with van der Waals surface area (Å²) in [7, 11) is 0. The third kappa shape index (κ3) is 9.06. The van der Waals surface area contributed by atoms with Crippen molar-refractivity contribution in [2.45, 2.75) is 6.54 Å². The van der Waals surface area contributed by atoms with Crippen LogP contribution in [0.4, 0.5) is 0 Å². The maximum absolute atomic E-state index is 11.7.